The molecular formula is C11H15N5O6S. The molecule has 0 bridgehead atoms. The monoisotopic (exact) mass is 345 g/mol. The van der Waals surface area contributed by atoms with E-state index in [2.05, 4.69) is 5.43 Å². The number of hydrogen-bond donors (Lipinski definition) is 3. The summed E-state index contributed by atoms with van der Waals surface area (Å²) in [6.07, 6.45) is -1.02. The summed E-state index contributed by atoms with van der Waals surface area (Å²) in [4.78, 5) is 22.1. The van der Waals surface area contributed by atoms with E-state index in [1.807, 2.05) is 0 Å². The molecule has 1 aromatic carbocycles. The number of carboxylic acid groups (broad SMARTS) is 1. The van der Waals surface area contributed by atoms with Crippen LogP contribution in [0.3, 0.4) is 0 Å². The second-order valence-corrected chi connectivity index (χ2v) is 6.41. The maximum Gasteiger partial charge on any atom is 0.407 e. The summed E-state index contributed by atoms with van der Waals surface area (Å²) in [6.45, 7) is 1.18. The zero-order chi connectivity index (χ0) is 17.2. The van der Waals surface area contributed by atoms with Crippen LogP contribution in [0.5, 0.6) is 0 Å². The lowest BCUT2D eigenvalue weighted by Crippen LogP contribution is -2.50. The van der Waals surface area contributed by atoms with E-state index >= 15 is 0 Å². The molecule has 1 aromatic rings. The molecule has 1 heterocycles. The summed E-state index contributed by atoms with van der Waals surface area (Å²) in [6, 6.07) is 3.30. The van der Waals surface area contributed by atoms with Crippen LogP contribution in [0.15, 0.2) is 23.1 Å². The number of anilines is 1. The third-order valence-electron chi connectivity index (χ3n) is 3.32. The molecule has 1 aliphatic rings. The molecule has 0 saturated carbocycles. The molecule has 0 aliphatic carbocycles. The molecule has 1 aliphatic heterocycles. The molecule has 0 radical (unpaired) electrons. The van der Waals surface area contributed by atoms with Crippen LogP contribution in [-0.4, -0.2) is 60.6 Å². The zero-order valence-corrected chi connectivity index (χ0v) is 12.7. The largest absolute Gasteiger partial charge is 0.465 e. The summed E-state index contributed by atoms with van der Waals surface area (Å²) >= 11 is 0. The van der Waals surface area contributed by atoms with Crippen LogP contribution in [0.25, 0.3) is 0 Å². The number of hydrogen-bond acceptors (Lipinski definition) is 7. The number of hydrazine groups is 1. The lowest BCUT2D eigenvalue weighted by Gasteiger charge is -2.33. The average molecular weight is 345 g/mol. The van der Waals surface area contributed by atoms with Crippen molar-refractivity contribution in [2.75, 3.05) is 31.6 Å². The van der Waals surface area contributed by atoms with E-state index in [1.54, 1.807) is 5.01 Å². The van der Waals surface area contributed by atoms with Crippen molar-refractivity contribution in [3.05, 3.63) is 28.3 Å². The smallest absolute Gasteiger partial charge is 0.407 e. The van der Waals surface area contributed by atoms with Crippen molar-refractivity contribution < 1.29 is 23.2 Å². The molecule has 1 fully saturated rings. The molecular weight excluding hydrogens is 330 g/mol. The Morgan fingerprint density at radius 2 is 1.91 bits per heavy atom. The third kappa shape index (κ3) is 4.06. The van der Waals surface area contributed by atoms with Crippen molar-refractivity contribution in [3.8, 4) is 0 Å². The van der Waals surface area contributed by atoms with Gasteiger partial charge >= 0.3 is 6.09 Å². The number of nitro groups is 1. The van der Waals surface area contributed by atoms with Gasteiger partial charge in [-0.2, -0.15) is 0 Å². The van der Waals surface area contributed by atoms with Gasteiger partial charge < -0.3 is 15.4 Å². The number of nitrogens with one attached hydrogen (secondary N) is 1. The van der Waals surface area contributed by atoms with Crippen LogP contribution >= 0.6 is 0 Å². The summed E-state index contributed by atoms with van der Waals surface area (Å²) in [5.74, 6) is 0. The molecule has 0 spiro atoms. The second kappa shape index (κ2) is 6.36. The fraction of sp³-hybridized carbons (Fsp3) is 0.364. The number of amides is 1. The van der Waals surface area contributed by atoms with E-state index in [0.717, 1.165) is 12.1 Å². The van der Waals surface area contributed by atoms with E-state index in [-0.39, 0.29) is 23.7 Å². The Bertz CT molecular complexity index is 728. The highest BCUT2D eigenvalue weighted by molar-refractivity contribution is 7.89. The molecule has 1 amide bonds. The number of carbonyl (C=O) groups is 1. The molecule has 11 nitrogen and oxygen atoms in total. The molecule has 0 unspecified atom stereocenters. The van der Waals surface area contributed by atoms with Gasteiger partial charge in [-0.1, -0.05) is 0 Å². The molecule has 23 heavy (non-hydrogen) atoms. The quantitative estimate of drug-likeness (QED) is 0.502. The summed E-state index contributed by atoms with van der Waals surface area (Å²) in [7, 11) is -4.04. The maximum absolute atomic E-state index is 11.3. The minimum atomic E-state index is -4.04. The first-order valence-corrected chi connectivity index (χ1v) is 8.04. The van der Waals surface area contributed by atoms with Gasteiger partial charge in [0.2, 0.25) is 10.0 Å². The van der Waals surface area contributed by atoms with E-state index in [0.29, 0.717) is 13.1 Å². The Balaban J connectivity index is 2.17. The second-order valence-electron chi connectivity index (χ2n) is 4.85. The Morgan fingerprint density at radius 3 is 2.39 bits per heavy atom. The molecule has 126 valence electrons. The van der Waals surface area contributed by atoms with Gasteiger partial charge in [0.25, 0.3) is 5.69 Å². The standard InChI is InChI=1S/C11H15N5O6S/c12-23(21,22)8-1-2-9(10(7-8)16(19)20)13-15-5-3-14(4-6-15)11(17)18/h1-2,7,13H,3-6H2,(H,17,18)(H2,12,21,22). The Hall–Kier alpha value is -2.44. The van der Waals surface area contributed by atoms with Crippen molar-refractivity contribution in [1.82, 2.24) is 9.91 Å². The summed E-state index contributed by atoms with van der Waals surface area (Å²) < 4.78 is 22.5. The van der Waals surface area contributed by atoms with Gasteiger partial charge in [-0.15, -0.1) is 0 Å². The third-order valence-corrected chi connectivity index (χ3v) is 4.23. The van der Waals surface area contributed by atoms with E-state index in [9.17, 15) is 23.3 Å². The van der Waals surface area contributed by atoms with Crippen LogP contribution in [0.4, 0.5) is 16.2 Å². The first kappa shape index (κ1) is 16.9. The van der Waals surface area contributed by atoms with Crippen molar-refractivity contribution in [2.24, 2.45) is 5.14 Å². The lowest BCUT2D eigenvalue weighted by molar-refractivity contribution is -0.384. The Kier molecular flexibility index (Phi) is 4.68. The van der Waals surface area contributed by atoms with Crippen molar-refractivity contribution in [1.29, 1.82) is 0 Å². The topological polar surface area (TPSA) is 159 Å². The maximum atomic E-state index is 11.3. The normalized spacial score (nSPS) is 16.1. The van der Waals surface area contributed by atoms with Gasteiger partial charge in [0.15, 0.2) is 0 Å². The Morgan fingerprint density at radius 1 is 1.30 bits per heavy atom. The van der Waals surface area contributed by atoms with Crippen molar-refractivity contribution >= 4 is 27.5 Å². The predicted molar refractivity (Wildman–Crippen MR) is 79.3 cm³/mol. The lowest BCUT2D eigenvalue weighted by atomic mass is 10.2. The number of rotatable bonds is 4. The van der Waals surface area contributed by atoms with Crippen molar-refractivity contribution in [3.63, 3.8) is 0 Å². The van der Waals surface area contributed by atoms with Crippen LogP contribution in [0.1, 0.15) is 0 Å². The van der Waals surface area contributed by atoms with E-state index in [1.165, 1.54) is 11.0 Å². The van der Waals surface area contributed by atoms with E-state index < -0.39 is 26.7 Å². The highest BCUT2D eigenvalue weighted by Crippen LogP contribution is 2.27. The van der Waals surface area contributed by atoms with Gasteiger partial charge in [0.1, 0.15) is 5.69 Å². The minimum Gasteiger partial charge on any atom is -0.465 e. The number of benzene rings is 1. The molecule has 12 heteroatoms. The van der Waals surface area contributed by atoms with Gasteiger partial charge in [-0.05, 0) is 12.1 Å². The fourth-order valence-electron chi connectivity index (χ4n) is 2.11. The van der Waals surface area contributed by atoms with Crippen LogP contribution in [-0.2, 0) is 10.0 Å². The number of piperazine rings is 1. The van der Waals surface area contributed by atoms with Crippen LogP contribution in [0.2, 0.25) is 0 Å². The van der Waals surface area contributed by atoms with Gasteiger partial charge in [-0.25, -0.2) is 23.4 Å². The van der Waals surface area contributed by atoms with Crippen LogP contribution < -0.4 is 10.6 Å². The fourth-order valence-corrected chi connectivity index (χ4v) is 2.65. The molecule has 1 saturated heterocycles. The molecule has 2 rings (SSSR count). The Labute approximate surface area is 131 Å². The number of nitrogens with zero attached hydrogens (tertiary/aromatic N) is 3. The highest BCUT2D eigenvalue weighted by atomic mass is 32.2. The highest BCUT2D eigenvalue weighted by Gasteiger charge is 2.24. The molecule has 4 N–H and O–H groups in total. The SMILES string of the molecule is NS(=O)(=O)c1ccc(NN2CCN(C(=O)O)CC2)c([N+](=O)[O-])c1. The van der Waals surface area contributed by atoms with Gasteiger partial charge in [0, 0.05) is 32.2 Å². The minimum absolute atomic E-state index is 0.103. The van der Waals surface area contributed by atoms with Gasteiger partial charge in [0.05, 0.1) is 9.82 Å². The number of sulfonamides is 1. The first-order valence-electron chi connectivity index (χ1n) is 6.49. The molecule has 0 aromatic heterocycles. The molecule has 0 atom stereocenters. The summed E-state index contributed by atoms with van der Waals surface area (Å²) in [5, 5.41) is 26.6. The average Bonchev–Trinajstić information content (AvgIpc) is 2.46. The predicted octanol–water partition coefficient (Wildman–Crippen LogP) is -0.135. The zero-order valence-electron chi connectivity index (χ0n) is 11.9. The summed E-state index contributed by atoms with van der Waals surface area (Å²) in [5.41, 5.74) is 2.48. The number of primary sulfonamides is 1. The van der Waals surface area contributed by atoms with Crippen molar-refractivity contribution in [2.45, 2.75) is 4.90 Å². The van der Waals surface area contributed by atoms with Gasteiger partial charge in [-0.3, -0.25) is 10.1 Å². The first-order chi connectivity index (χ1) is 10.7. The van der Waals surface area contributed by atoms with E-state index in [4.69, 9.17) is 10.2 Å². The number of nitrogens with two attached hydrogens (primary N) is 1. The number of nitro benzene ring substituents is 1. The van der Waals surface area contributed by atoms with Crippen LogP contribution in [0, 0.1) is 10.1 Å².